The molecule has 0 amide bonds. The molecule has 3 N–H and O–H groups in total. The molecule has 0 spiro atoms. The molecule has 1 aromatic carbocycles. The predicted octanol–water partition coefficient (Wildman–Crippen LogP) is 1.35. The average Bonchev–Trinajstić information content (AvgIpc) is 2.52. The quantitative estimate of drug-likeness (QED) is 0.525. The van der Waals surface area contributed by atoms with Gasteiger partial charge < -0.3 is 20.5 Å². The van der Waals surface area contributed by atoms with Crippen LogP contribution in [0.5, 0.6) is 0 Å². The van der Waals surface area contributed by atoms with E-state index in [1.165, 1.54) is 0 Å². The normalized spacial score (nSPS) is 18.4. The lowest BCUT2D eigenvalue weighted by molar-refractivity contribution is -0.0945. The van der Waals surface area contributed by atoms with E-state index in [0.717, 1.165) is 37.8 Å². The zero-order valence-corrected chi connectivity index (χ0v) is 13.5. The van der Waals surface area contributed by atoms with Gasteiger partial charge in [-0.15, -0.1) is 0 Å². The van der Waals surface area contributed by atoms with Gasteiger partial charge in [-0.25, -0.2) is 0 Å². The number of nitrogens with zero attached hydrogens (tertiary/aromatic N) is 1. The fraction of sp³-hybridized carbons (Fsp3) is 0.588. The zero-order chi connectivity index (χ0) is 15.8. The first-order valence-electron chi connectivity index (χ1n) is 7.92. The number of aliphatic imine (C=N–C) groups is 1. The van der Waals surface area contributed by atoms with E-state index in [0.29, 0.717) is 6.54 Å². The Labute approximate surface area is 132 Å². The van der Waals surface area contributed by atoms with Crippen molar-refractivity contribution in [3.05, 3.63) is 35.9 Å². The smallest absolute Gasteiger partial charge is 0.191 e. The second kappa shape index (κ2) is 8.15. The Morgan fingerprint density at radius 1 is 1.32 bits per heavy atom. The number of nitrogens with one attached hydrogen (secondary N) is 2. The number of benzene rings is 1. The lowest BCUT2D eigenvalue weighted by Crippen LogP contribution is -2.45. The van der Waals surface area contributed by atoms with Crippen LogP contribution in [-0.2, 0) is 4.74 Å². The van der Waals surface area contributed by atoms with Gasteiger partial charge in [0.1, 0.15) is 0 Å². The zero-order valence-electron chi connectivity index (χ0n) is 13.5. The lowest BCUT2D eigenvalue weighted by atomic mass is 9.89. The van der Waals surface area contributed by atoms with Gasteiger partial charge in [-0.3, -0.25) is 4.99 Å². The van der Waals surface area contributed by atoms with Crippen molar-refractivity contribution >= 4 is 5.96 Å². The summed E-state index contributed by atoms with van der Waals surface area (Å²) in [4.78, 5) is 4.64. The van der Waals surface area contributed by atoms with Crippen molar-refractivity contribution in [3.8, 4) is 0 Å². The average molecular weight is 305 g/mol. The van der Waals surface area contributed by atoms with E-state index in [1.54, 1.807) is 0 Å². The third-order valence-corrected chi connectivity index (χ3v) is 3.87. The Balaban J connectivity index is 1.91. The first-order chi connectivity index (χ1) is 10.7. The largest absolute Gasteiger partial charge is 0.396 e. The number of rotatable bonds is 7. The summed E-state index contributed by atoms with van der Waals surface area (Å²) in [5.41, 5.74) is 1.30. The van der Waals surface area contributed by atoms with Gasteiger partial charge in [0.25, 0.3) is 0 Å². The van der Waals surface area contributed by atoms with Crippen LogP contribution in [0.4, 0.5) is 0 Å². The number of hydrogen-bond donors (Lipinski definition) is 3. The van der Waals surface area contributed by atoms with Crippen molar-refractivity contribution in [2.75, 3.05) is 39.5 Å². The summed E-state index contributed by atoms with van der Waals surface area (Å²) < 4.78 is 5.26. The van der Waals surface area contributed by atoms with Gasteiger partial charge >= 0.3 is 0 Å². The lowest BCUT2D eigenvalue weighted by Gasteiger charge is -2.36. The number of aliphatic hydroxyl groups excluding tert-OH is 1. The molecule has 1 aliphatic rings. The highest BCUT2D eigenvalue weighted by Crippen LogP contribution is 2.26. The minimum absolute atomic E-state index is 0.0627. The monoisotopic (exact) mass is 305 g/mol. The van der Waals surface area contributed by atoms with Crippen LogP contribution in [0.3, 0.4) is 0 Å². The molecule has 1 saturated heterocycles. The van der Waals surface area contributed by atoms with Gasteiger partial charge in [0.15, 0.2) is 5.96 Å². The molecule has 2 rings (SSSR count). The maximum atomic E-state index is 9.61. The van der Waals surface area contributed by atoms with Crippen LogP contribution in [0.25, 0.3) is 0 Å². The van der Waals surface area contributed by atoms with Crippen molar-refractivity contribution in [3.63, 3.8) is 0 Å². The molecule has 1 aromatic rings. The highest BCUT2D eigenvalue weighted by molar-refractivity contribution is 5.79. The summed E-state index contributed by atoms with van der Waals surface area (Å²) in [7, 11) is 0. The Kier molecular flexibility index (Phi) is 6.21. The molecule has 0 saturated carbocycles. The minimum atomic E-state index is 0.0627. The highest BCUT2D eigenvalue weighted by Gasteiger charge is 2.33. The molecule has 0 aliphatic carbocycles. The van der Waals surface area contributed by atoms with Crippen LogP contribution < -0.4 is 10.6 Å². The van der Waals surface area contributed by atoms with Crippen LogP contribution in [0.2, 0.25) is 0 Å². The van der Waals surface area contributed by atoms with Gasteiger partial charge in [0.2, 0.25) is 0 Å². The van der Waals surface area contributed by atoms with E-state index in [-0.39, 0.29) is 17.9 Å². The topological polar surface area (TPSA) is 65.9 Å². The summed E-state index contributed by atoms with van der Waals surface area (Å²) in [6, 6.07) is 10.1. The van der Waals surface area contributed by atoms with E-state index in [2.05, 4.69) is 22.5 Å². The fourth-order valence-corrected chi connectivity index (χ4v) is 2.39. The molecule has 1 fully saturated rings. The van der Waals surface area contributed by atoms with Gasteiger partial charge in [-0.2, -0.15) is 0 Å². The van der Waals surface area contributed by atoms with E-state index in [9.17, 15) is 5.11 Å². The van der Waals surface area contributed by atoms with Crippen molar-refractivity contribution in [1.29, 1.82) is 0 Å². The summed E-state index contributed by atoms with van der Waals surface area (Å²) in [5, 5.41) is 16.2. The third kappa shape index (κ3) is 4.71. The predicted molar refractivity (Wildman–Crippen MR) is 89.2 cm³/mol. The Hall–Kier alpha value is -1.59. The molecular formula is C17H27N3O2. The van der Waals surface area contributed by atoms with Gasteiger partial charge in [-0.05, 0) is 12.5 Å². The van der Waals surface area contributed by atoms with E-state index in [1.807, 2.05) is 37.3 Å². The highest BCUT2D eigenvalue weighted by atomic mass is 16.5. The Morgan fingerprint density at radius 3 is 2.59 bits per heavy atom. The first-order valence-corrected chi connectivity index (χ1v) is 7.92. The van der Waals surface area contributed by atoms with Gasteiger partial charge in [-0.1, -0.05) is 37.3 Å². The molecule has 22 heavy (non-hydrogen) atoms. The second-order valence-electron chi connectivity index (χ2n) is 6.17. The van der Waals surface area contributed by atoms with Gasteiger partial charge in [0, 0.05) is 24.4 Å². The molecule has 1 aliphatic heterocycles. The molecule has 0 aromatic heterocycles. The first kappa shape index (κ1) is 16.8. The van der Waals surface area contributed by atoms with Crippen LogP contribution in [0, 0.1) is 5.41 Å². The summed E-state index contributed by atoms with van der Waals surface area (Å²) in [6.45, 7) is 8.11. The maximum absolute atomic E-state index is 9.61. The van der Waals surface area contributed by atoms with E-state index >= 15 is 0 Å². The van der Waals surface area contributed by atoms with Gasteiger partial charge in [0.05, 0.1) is 26.4 Å². The summed E-state index contributed by atoms with van der Waals surface area (Å²) in [5.74, 6) is 0.859. The van der Waals surface area contributed by atoms with Crippen LogP contribution >= 0.6 is 0 Å². The number of aliphatic hydroxyl groups is 1. The van der Waals surface area contributed by atoms with Crippen LogP contribution in [0.15, 0.2) is 35.3 Å². The molecule has 122 valence electrons. The second-order valence-corrected chi connectivity index (χ2v) is 6.17. The minimum Gasteiger partial charge on any atom is -0.396 e. The molecule has 1 atom stereocenters. The fourth-order valence-electron chi connectivity index (χ4n) is 2.39. The number of ether oxygens (including phenoxy) is 1. The van der Waals surface area contributed by atoms with Crippen LogP contribution in [-0.4, -0.2) is 50.5 Å². The molecule has 0 radical (unpaired) electrons. The van der Waals surface area contributed by atoms with Crippen molar-refractivity contribution in [2.24, 2.45) is 10.4 Å². The summed E-state index contributed by atoms with van der Waals surface area (Å²) in [6.07, 6.45) is 0. The number of guanidine groups is 1. The van der Waals surface area contributed by atoms with E-state index < -0.39 is 0 Å². The SMILES string of the molecule is CCNC(=NCC1(C)COC1)NCC(CO)c1ccccc1. The summed E-state index contributed by atoms with van der Waals surface area (Å²) >= 11 is 0. The molecule has 5 nitrogen and oxygen atoms in total. The van der Waals surface area contributed by atoms with E-state index in [4.69, 9.17) is 4.74 Å². The van der Waals surface area contributed by atoms with Crippen LogP contribution in [0.1, 0.15) is 25.3 Å². The maximum Gasteiger partial charge on any atom is 0.191 e. The Bertz CT molecular complexity index is 472. The third-order valence-electron chi connectivity index (χ3n) is 3.87. The van der Waals surface area contributed by atoms with Crippen molar-refractivity contribution in [1.82, 2.24) is 10.6 Å². The standard InChI is InChI=1S/C17H27N3O2/c1-3-18-16(20-11-17(2)12-22-13-17)19-9-15(10-21)14-7-5-4-6-8-14/h4-8,15,21H,3,9-13H2,1-2H3,(H2,18,19,20). The van der Waals surface area contributed by atoms with Crippen molar-refractivity contribution in [2.45, 2.75) is 19.8 Å². The number of hydrogen-bond acceptors (Lipinski definition) is 3. The molecule has 1 heterocycles. The Morgan fingerprint density at radius 2 is 2.05 bits per heavy atom. The molecular weight excluding hydrogens is 278 g/mol. The van der Waals surface area contributed by atoms with Crippen molar-refractivity contribution < 1.29 is 9.84 Å². The molecule has 5 heteroatoms. The molecule has 0 bridgehead atoms. The molecule has 1 unspecified atom stereocenters.